The van der Waals surface area contributed by atoms with Gasteiger partial charge in [0, 0.05) is 6.61 Å². The maximum atomic E-state index is 8.29. The highest BCUT2D eigenvalue weighted by atomic mass is 31.2. The second-order valence-corrected chi connectivity index (χ2v) is 4.04. The van der Waals surface area contributed by atoms with Gasteiger partial charge >= 0.3 is 17.2 Å². The van der Waals surface area contributed by atoms with Crippen molar-refractivity contribution in [1.29, 1.82) is 0 Å². The summed E-state index contributed by atoms with van der Waals surface area (Å²) in [5, 5.41) is 8.29. The summed E-state index contributed by atoms with van der Waals surface area (Å²) < 4.78 is 3.60. The van der Waals surface area contributed by atoms with Crippen LogP contribution in [0.3, 0.4) is 0 Å². The van der Waals surface area contributed by atoms with Gasteiger partial charge in [-0.15, -0.1) is 0 Å². The number of unbranched alkanes of at least 4 members (excludes halogenated alkanes) is 3. The van der Waals surface area contributed by atoms with E-state index in [0.29, 0.717) is 6.61 Å². The molecule has 0 saturated carbocycles. The van der Waals surface area contributed by atoms with E-state index in [0.717, 1.165) is 6.42 Å². The molecule has 0 saturated heterocycles. The monoisotopic (exact) mass is 248 g/mol. The Balaban J connectivity index is 0. The summed E-state index contributed by atoms with van der Waals surface area (Å²) in [5.41, 5.74) is 0. The van der Waals surface area contributed by atoms with E-state index < -0.39 is 17.2 Å². The Labute approximate surface area is 86.2 Å². The topological polar surface area (TPSA) is 110 Å². The molecule has 0 rings (SSSR count). The van der Waals surface area contributed by atoms with Gasteiger partial charge in [0.1, 0.15) is 0 Å². The molecule has 0 aliphatic heterocycles. The fourth-order valence-corrected chi connectivity index (χ4v) is 1.13. The molecule has 14 heavy (non-hydrogen) atoms. The van der Waals surface area contributed by atoms with E-state index in [2.05, 4.69) is 11.2 Å². The third-order valence-electron chi connectivity index (χ3n) is 1.16. The summed E-state index contributed by atoms with van der Waals surface area (Å²) in [4.78, 5) is 31.3. The predicted octanol–water partition coefficient (Wildman–Crippen LogP) is 0.985. The number of rotatable bonds is 6. The maximum absolute atomic E-state index is 8.29. The Bertz CT molecular complexity index is 92.3. The van der Waals surface area contributed by atoms with Crippen molar-refractivity contribution in [3.63, 3.8) is 0 Å². The van der Waals surface area contributed by atoms with Gasteiger partial charge < -0.3 is 24.7 Å². The molecule has 0 aromatic heterocycles. The lowest BCUT2D eigenvalue weighted by atomic mass is 10.2. The van der Waals surface area contributed by atoms with Crippen LogP contribution in [-0.4, -0.2) is 31.3 Å². The molecule has 0 aromatic rings. The zero-order chi connectivity index (χ0) is 11.4. The minimum absolute atomic E-state index is 0.361. The highest BCUT2D eigenvalue weighted by Crippen LogP contribution is 2.41. The van der Waals surface area contributed by atoms with E-state index in [1.54, 1.807) is 0 Å². The Hall–Kier alpha value is 0.620. The molecule has 0 amide bonds. The molecule has 0 spiro atoms. The summed E-state index contributed by atoms with van der Waals surface area (Å²) >= 11 is 0. The molecule has 5 N–H and O–H groups in total. The van der Waals surface area contributed by atoms with E-state index in [-0.39, 0.29) is 0 Å². The molecular formula is C6H18O6P2. The van der Waals surface area contributed by atoms with Crippen molar-refractivity contribution in [3.05, 3.63) is 0 Å². The van der Waals surface area contributed by atoms with Crippen LogP contribution in [0.25, 0.3) is 0 Å². The normalized spacial score (nSPS) is 10.3. The van der Waals surface area contributed by atoms with Gasteiger partial charge in [0.05, 0.1) is 0 Å². The molecule has 0 bridgehead atoms. The molecule has 0 unspecified atom stereocenters. The smallest absolute Gasteiger partial charge is 0.334 e. The number of aliphatic hydroxyl groups excluding tert-OH is 1. The van der Waals surface area contributed by atoms with Crippen LogP contribution in [0.5, 0.6) is 0 Å². The van der Waals surface area contributed by atoms with E-state index in [4.69, 9.17) is 24.7 Å². The molecule has 6 nitrogen and oxygen atoms in total. The Morgan fingerprint density at radius 3 is 1.64 bits per heavy atom. The molecule has 0 fully saturated rings. The van der Waals surface area contributed by atoms with Crippen molar-refractivity contribution in [1.82, 2.24) is 0 Å². The van der Waals surface area contributed by atoms with Crippen LogP contribution in [0, 0.1) is 0 Å². The second-order valence-electron chi connectivity index (χ2n) is 2.37. The van der Waals surface area contributed by atoms with E-state index >= 15 is 0 Å². The average Bonchev–Trinajstić information content (AvgIpc) is 2.04. The van der Waals surface area contributed by atoms with Crippen molar-refractivity contribution in [3.8, 4) is 0 Å². The van der Waals surface area contributed by atoms with Crippen molar-refractivity contribution >= 4 is 17.2 Å². The molecule has 8 heteroatoms. The predicted molar refractivity (Wildman–Crippen MR) is 55.0 cm³/mol. The molecular weight excluding hydrogens is 230 g/mol. The molecule has 0 aliphatic rings. The molecule has 88 valence electrons. The van der Waals surface area contributed by atoms with Crippen LogP contribution in [0.2, 0.25) is 0 Å². The molecule has 0 aromatic carbocycles. The number of hydrogen-bond acceptors (Lipinski definition) is 6. The maximum Gasteiger partial charge on any atom is 0.334 e. The minimum atomic E-state index is -2.61. The number of hydrogen-bond donors (Lipinski definition) is 5. The highest BCUT2D eigenvalue weighted by molar-refractivity contribution is 7.53. The Kier molecular flexibility index (Phi) is 16.6. The first-order valence-electron chi connectivity index (χ1n) is 4.19. The number of aliphatic hydroxyl groups is 1. The minimum Gasteiger partial charge on any atom is -0.396 e. The van der Waals surface area contributed by atoms with Crippen LogP contribution in [0.1, 0.15) is 32.6 Å². The largest absolute Gasteiger partial charge is 0.396 e. The van der Waals surface area contributed by atoms with Crippen molar-refractivity contribution in [2.75, 3.05) is 6.61 Å². The molecule has 0 heterocycles. The summed E-state index contributed by atoms with van der Waals surface area (Å²) in [6, 6.07) is 0. The lowest BCUT2D eigenvalue weighted by Crippen LogP contribution is -1.80. The molecule has 0 atom stereocenters. The van der Waals surface area contributed by atoms with Crippen molar-refractivity contribution in [2.24, 2.45) is 0 Å². The van der Waals surface area contributed by atoms with Gasteiger partial charge in [0.2, 0.25) is 0 Å². The summed E-state index contributed by atoms with van der Waals surface area (Å²) in [6.45, 7) is 2.53. The zero-order valence-electron chi connectivity index (χ0n) is 8.07. The molecule has 0 aliphatic carbocycles. The quantitative estimate of drug-likeness (QED) is 0.354. The van der Waals surface area contributed by atoms with Gasteiger partial charge in [-0.05, 0) is 6.42 Å². The van der Waals surface area contributed by atoms with Crippen LogP contribution in [0.4, 0.5) is 0 Å². The third kappa shape index (κ3) is 22.9. The third-order valence-corrected chi connectivity index (χ3v) is 2.33. The van der Waals surface area contributed by atoms with Gasteiger partial charge in [0.15, 0.2) is 0 Å². The summed E-state index contributed by atoms with van der Waals surface area (Å²) in [6.07, 6.45) is 4.68. The summed E-state index contributed by atoms with van der Waals surface area (Å²) in [5.74, 6) is 0. The van der Waals surface area contributed by atoms with Gasteiger partial charge in [-0.2, -0.15) is 0 Å². The zero-order valence-corrected chi connectivity index (χ0v) is 9.86. The fourth-order valence-electron chi connectivity index (χ4n) is 0.604. The van der Waals surface area contributed by atoms with Crippen molar-refractivity contribution in [2.45, 2.75) is 32.6 Å². The fraction of sp³-hybridized carbons (Fsp3) is 1.00. The Morgan fingerprint density at radius 1 is 0.929 bits per heavy atom. The SMILES string of the molecule is CCCCCCO.OP(O)OP(O)O. The van der Waals surface area contributed by atoms with Crippen LogP contribution < -0.4 is 0 Å². The lowest BCUT2D eigenvalue weighted by Gasteiger charge is -2.00. The second kappa shape index (κ2) is 13.6. The van der Waals surface area contributed by atoms with Crippen LogP contribution in [-0.2, 0) is 4.31 Å². The van der Waals surface area contributed by atoms with Crippen LogP contribution in [0.15, 0.2) is 0 Å². The summed E-state index contributed by atoms with van der Waals surface area (Å²) in [7, 11) is -5.22. The first-order valence-corrected chi connectivity index (χ1v) is 6.52. The van der Waals surface area contributed by atoms with Gasteiger partial charge in [-0.3, -0.25) is 0 Å². The van der Waals surface area contributed by atoms with E-state index in [1.165, 1.54) is 19.3 Å². The standard InChI is InChI=1S/C6H14O.H4O5P2/c1-2-3-4-5-6-7;1-6(2)5-7(3)4/h7H,2-6H2,1H3;1-4H. The first-order chi connectivity index (χ1) is 6.54. The van der Waals surface area contributed by atoms with E-state index in [9.17, 15) is 0 Å². The molecule has 0 radical (unpaired) electrons. The lowest BCUT2D eigenvalue weighted by molar-refractivity contribution is 0.283. The van der Waals surface area contributed by atoms with Crippen LogP contribution >= 0.6 is 17.2 Å². The van der Waals surface area contributed by atoms with Crippen molar-refractivity contribution < 1.29 is 29.0 Å². The van der Waals surface area contributed by atoms with E-state index in [1.807, 2.05) is 0 Å². The van der Waals surface area contributed by atoms with Gasteiger partial charge in [-0.25, -0.2) is 4.31 Å². The Morgan fingerprint density at radius 2 is 1.43 bits per heavy atom. The highest BCUT2D eigenvalue weighted by Gasteiger charge is 2.05. The first kappa shape index (κ1) is 17.0. The van der Waals surface area contributed by atoms with Gasteiger partial charge in [0.25, 0.3) is 0 Å². The van der Waals surface area contributed by atoms with Gasteiger partial charge in [-0.1, -0.05) is 26.2 Å². The average molecular weight is 248 g/mol.